The van der Waals surface area contributed by atoms with Gasteiger partial charge < -0.3 is 19.9 Å². The molecule has 30 heavy (non-hydrogen) atoms. The van der Waals surface area contributed by atoms with Crippen molar-refractivity contribution in [2.45, 2.75) is 31.8 Å². The molecule has 0 saturated carbocycles. The van der Waals surface area contributed by atoms with Gasteiger partial charge in [0, 0.05) is 37.3 Å². The lowest BCUT2D eigenvalue weighted by atomic mass is 9.95. The van der Waals surface area contributed by atoms with E-state index in [0.29, 0.717) is 18.8 Å². The van der Waals surface area contributed by atoms with Gasteiger partial charge >= 0.3 is 0 Å². The van der Waals surface area contributed by atoms with Gasteiger partial charge in [0.25, 0.3) is 0 Å². The summed E-state index contributed by atoms with van der Waals surface area (Å²) in [6.45, 7) is 1.29. The zero-order chi connectivity index (χ0) is 20.9. The Labute approximate surface area is 175 Å². The largest absolute Gasteiger partial charge is 0.504 e. The number of phenols is 1. The lowest BCUT2D eigenvalue weighted by Gasteiger charge is -2.27. The van der Waals surface area contributed by atoms with Crippen molar-refractivity contribution in [1.82, 2.24) is 15.1 Å². The summed E-state index contributed by atoms with van der Waals surface area (Å²) in [5, 5.41) is 17.2. The summed E-state index contributed by atoms with van der Waals surface area (Å²) >= 11 is 0. The zero-order valence-corrected chi connectivity index (χ0v) is 16.9. The molecule has 4 rings (SSSR count). The molecule has 1 aliphatic heterocycles. The van der Waals surface area contributed by atoms with Gasteiger partial charge in [-0.25, -0.2) is 0 Å². The van der Waals surface area contributed by atoms with Gasteiger partial charge in [-0.05, 0) is 47.9 Å². The van der Waals surface area contributed by atoms with Gasteiger partial charge in [-0.15, -0.1) is 0 Å². The smallest absolute Gasteiger partial charge is 0.220 e. The van der Waals surface area contributed by atoms with Crippen LogP contribution >= 0.6 is 0 Å². The van der Waals surface area contributed by atoms with Crippen LogP contribution in [0.3, 0.4) is 0 Å². The predicted octanol–water partition coefficient (Wildman–Crippen LogP) is 3.68. The Hall–Kier alpha value is -3.48. The van der Waals surface area contributed by atoms with Gasteiger partial charge in [-0.2, -0.15) is 5.10 Å². The third-order valence-corrected chi connectivity index (χ3v) is 5.25. The topological polar surface area (TPSA) is 85.6 Å². The first-order chi connectivity index (χ1) is 14.6. The van der Waals surface area contributed by atoms with Crippen LogP contribution in [0.4, 0.5) is 0 Å². The Bertz CT molecular complexity index is 1020. The molecule has 2 N–H and O–H groups in total. The number of aromatic nitrogens is 2. The fourth-order valence-electron chi connectivity index (χ4n) is 3.68. The molecule has 1 unspecified atom stereocenters. The number of ether oxygens (including phenoxy) is 2. The molecule has 0 bridgehead atoms. The van der Waals surface area contributed by atoms with Crippen LogP contribution in [0.25, 0.3) is 11.1 Å². The molecule has 156 valence electrons. The number of amides is 1. The van der Waals surface area contributed by atoms with Crippen LogP contribution in [0.15, 0.2) is 54.9 Å². The fraction of sp³-hybridized carbons (Fsp3) is 0.304. The summed E-state index contributed by atoms with van der Waals surface area (Å²) in [7, 11) is 1.53. The molecular weight excluding hydrogens is 382 g/mol. The number of carbonyl (C=O) groups excluding carboxylic acids is 1. The Balaban J connectivity index is 1.47. The number of fused-ring (bicyclic) bond motifs is 1. The van der Waals surface area contributed by atoms with E-state index < -0.39 is 0 Å². The van der Waals surface area contributed by atoms with E-state index in [1.54, 1.807) is 18.3 Å². The number of hydrogen-bond donors (Lipinski definition) is 2. The lowest BCUT2D eigenvalue weighted by Crippen LogP contribution is -2.32. The van der Waals surface area contributed by atoms with E-state index in [1.807, 2.05) is 41.2 Å². The Kier molecular flexibility index (Phi) is 5.88. The van der Waals surface area contributed by atoms with Gasteiger partial charge in [0.2, 0.25) is 5.91 Å². The number of aromatic hydroxyl groups is 1. The molecule has 1 atom stereocenters. The monoisotopic (exact) mass is 407 g/mol. The molecule has 0 aliphatic carbocycles. The number of methoxy groups -OCH3 is 1. The first-order valence-electron chi connectivity index (χ1n) is 10.0. The van der Waals surface area contributed by atoms with E-state index >= 15 is 0 Å². The summed E-state index contributed by atoms with van der Waals surface area (Å²) in [6.07, 6.45) is 5.53. The van der Waals surface area contributed by atoms with E-state index in [-0.39, 0.29) is 17.7 Å². The number of phenolic OH excluding ortho intramolecular Hbond substituents is 1. The van der Waals surface area contributed by atoms with Crippen LogP contribution < -0.4 is 14.8 Å². The number of hydrogen-bond acceptors (Lipinski definition) is 5. The van der Waals surface area contributed by atoms with Crippen molar-refractivity contribution in [2.75, 3.05) is 13.7 Å². The molecule has 7 nitrogen and oxygen atoms in total. The van der Waals surface area contributed by atoms with Crippen LogP contribution in [0.2, 0.25) is 0 Å². The van der Waals surface area contributed by atoms with E-state index in [4.69, 9.17) is 9.47 Å². The third kappa shape index (κ3) is 4.40. The van der Waals surface area contributed by atoms with E-state index in [9.17, 15) is 9.90 Å². The van der Waals surface area contributed by atoms with Crippen molar-refractivity contribution >= 4 is 5.91 Å². The van der Waals surface area contributed by atoms with Crippen LogP contribution in [-0.4, -0.2) is 34.5 Å². The average Bonchev–Trinajstić information content (AvgIpc) is 3.27. The minimum Gasteiger partial charge on any atom is -0.504 e. The number of nitrogens with zero attached hydrogens (tertiary/aromatic N) is 2. The molecule has 2 heterocycles. The second-order valence-electron chi connectivity index (χ2n) is 7.27. The standard InChI is InChI=1S/C23H25N3O4/c1-29-22-15-17(5-7-20(22)27)16-6-8-21-18(14-16)19(9-13-30-21)25-23(28)4-2-11-26-12-3-10-24-26/h3,5-8,10,12,14-15,19,27H,2,4,9,11,13H2,1H3,(H,25,28). The van der Waals surface area contributed by atoms with Crippen LogP contribution in [0.1, 0.15) is 30.9 Å². The molecule has 1 amide bonds. The van der Waals surface area contributed by atoms with Gasteiger partial charge in [0.05, 0.1) is 19.8 Å². The Morgan fingerprint density at radius 1 is 1.30 bits per heavy atom. The SMILES string of the molecule is COc1cc(-c2ccc3c(c2)C(NC(=O)CCCn2cccn2)CCO3)ccc1O. The normalized spacial score (nSPS) is 15.2. The van der Waals surface area contributed by atoms with Crippen molar-refractivity contribution < 1.29 is 19.4 Å². The van der Waals surface area contributed by atoms with Gasteiger partial charge in [0.1, 0.15) is 5.75 Å². The predicted molar refractivity (Wildman–Crippen MR) is 113 cm³/mol. The van der Waals surface area contributed by atoms with Crippen molar-refractivity contribution in [3.05, 3.63) is 60.4 Å². The molecular formula is C23H25N3O4. The fourth-order valence-corrected chi connectivity index (χ4v) is 3.68. The van der Waals surface area contributed by atoms with Gasteiger partial charge in [-0.3, -0.25) is 9.48 Å². The van der Waals surface area contributed by atoms with Crippen LogP contribution in [-0.2, 0) is 11.3 Å². The average molecular weight is 407 g/mol. The van der Waals surface area contributed by atoms with Crippen molar-refractivity contribution in [2.24, 2.45) is 0 Å². The Morgan fingerprint density at radius 3 is 2.93 bits per heavy atom. The maximum atomic E-state index is 12.5. The van der Waals surface area contributed by atoms with Crippen molar-refractivity contribution in [3.63, 3.8) is 0 Å². The molecule has 1 aromatic heterocycles. The highest BCUT2D eigenvalue weighted by atomic mass is 16.5. The first kappa shape index (κ1) is 19.8. The van der Waals surface area contributed by atoms with Crippen LogP contribution in [0.5, 0.6) is 17.2 Å². The van der Waals surface area contributed by atoms with E-state index in [0.717, 1.165) is 41.8 Å². The van der Waals surface area contributed by atoms with E-state index in [1.165, 1.54) is 7.11 Å². The molecule has 0 fully saturated rings. The molecule has 0 radical (unpaired) electrons. The molecule has 0 saturated heterocycles. The summed E-state index contributed by atoms with van der Waals surface area (Å²) in [5.41, 5.74) is 2.85. The Morgan fingerprint density at radius 2 is 2.13 bits per heavy atom. The second-order valence-corrected chi connectivity index (χ2v) is 7.27. The minimum atomic E-state index is -0.0927. The van der Waals surface area contributed by atoms with Crippen molar-refractivity contribution in [1.29, 1.82) is 0 Å². The maximum absolute atomic E-state index is 12.5. The zero-order valence-electron chi connectivity index (χ0n) is 16.9. The summed E-state index contributed by atoms with van der Waals surface area (Å²) in [6, 6.07) is 13.0. The van der Waals surface area contributed by atoms with Crippen molar-refractivity contribution in [3.8, 4) is 28.4 Å². The number of carbonyl (C=O) groups is 1. The third-order valence-electron chi connectivity index (χ3n) is 5.25. The second kappa shape index (κ2) is 8.90. The van der Waals surface area contributed by atoms with E-state index in [2.05, 4.69) is 10.4 Å². The quantitative estimate of drug-likeness (QED) is 0.624. The number of nitrogens with one attached hydrogen (secondary N) is 1. The minimum absolute atomic E-state index is 0.0247. The highest BCUT2D eigenvalue weighted by Crippen LogP contribution is 2.37. The highest BCUT2D eigenvalue weighted by molar-refractivity contribution is 5.77. The van der Waals surface area contributed by atoms with Crippen LogP contribution in [0, 0.1) is 0 Å². The summed E-state index contributed by atoms with van der Waals surface area (Å²) in [5.74, 6) is 1.33. The van der Waals surface area contributed by atoms with Gasteiger partial charge in [0.15, 0.2) is 11.5 Å². The number of benzene rings is 2. The maximum Gasteiger partial charge on any atom is 0.220 e. The highest BCUT2D eigenvalue weighted by Gasteiger charge is 2.23. The molecule has 3 aromatic rings. The lowest BCUT2D eigenvalue weighted by molar-refractivity contribution is -0.122. The summed E-state index contributed by atoms with van der Waals surface area (Å²) < 4.78 is 12.8. The van der Waals surface area contributed by atoms with Gasteiger partial charge in [-0.1, -0.05) is 12.1 Å². The molecule has 2 aromatic carbocycles. The summed E-state index contributed by atoms with van der Waals surface area (Å²) in [4.78, 5) is 12.5. The number of rotatable bonds is 7. The number of aryl methyl sites for hydroxylation is 1. The molecule has 1 aliphatic rings. The first-order valence-corrected chi connectivity index (χ1v) is 10.0. The molecule has 0 spiro atoms. The molecule has 7 heteroatoms.